The zero-order chi connectivity index (χ0) is 18.6. The molecule has 1 amide bonds. The summed E-state index contributed by atoms with van der Waals surface area (Å²) >= 11 is 3.41. The Balaban J connectivity index is 1.93. The van der Waals surface area contributed by atoms with Crippen LogP contribution in [-0.4, -0.2) is 18.0 Å². The Morgan fingerprint density at radius 3 is 2.44 bits per heavy atom. The first kappa shape index (κ1) is 19.2. The van der Waals surface area contributed by atoms with E-state index in [0.29, 0.717) is 5.69 Å². The van der Waals surface area contributed by atoms with Crippen LogP contribution in [0.15, 0.2) is 40.9 Å². The number of hydrogen-bond acceptors (Lipinski definition) is 3. The highest BCUT2D eigenvalue weighted by Gasteiger charge is 2.19. The van der Waals surface area contributed by atoms with Crippen LogP contribution in [0.2, 0.25) is 0 Å². The molecule has 0 unspecified atom stereocenters. The topological polar surface area (TPSA) is 55.4 Å². The largest absolute Gasteiger partial charge is 0.452 e. The fourth-order valence-electron chi connectivity index (χ4n) is 2.33. The molecular formula is C20H22BrNO3. The van der Waals surface area contributed by atoms with Gasteiger partial charge in [0.15, 0.2) is 6.10 Å². The average Bonchev–Trinajstić information content (AvgIpc) is 2.53. The van der Waals surface area contributed by atoms with Gasteiger partial charge in [0.2, 0.25) is 0 Å². The van der Waals surface area contributed by atoms with Gasteiger partial charge in [0.1, 0.15) is 0 Å². The number of benzene rings is 2. The van der Waals surface area contributed by atoms with Gasteiger partial charge >= 0.3 is 5.97 Å². The lowest BCUT2D eigenvalue weighted by Crippen LogP contribution is -2.30. The van der Waals surface area contributed by atoms with Gasteiger partial charge in [-0.15, -0.1) is 0 Å². The van der Waals surface area contributed by atoms with E-state index in [0.717, 1.165) is 21.2 Å². The van der Waals surface area contributed by atoms with Crippen molar-refractivity contribution in [1.29, 1.82) is 0 Å². The van der Waals surface area contributed by atoms with Crippen molar-refractivity contribution in [2.24, 2.45) is 0 Å². The smallest absolute Gasteiger partial charge is 0.311 e. The Bertz CT molecular complexity index is 802. The van der Waals surface area contributed by atoms with Gasteiger partial charge in [0.05, 0.1) is 12.1 Å². The predicted molar refractivity (Wildman–Crippen MR) is 103 cm³/mol. The van der Waals surface area contributed by atoms with Crippen LogP contribution < -0.4 is 5.32 Å². The van der Waals surface area contributed by atoms with E-state index >= 15 is 0 Å². The van der Waals surface area contributed by atoms with Crippen molar-refractivity contribution in [1.82, 2.24) is 0 Å². The van der Waals surface area contributed by atoms with Crippen LogP contribution in [0, 0.1) is 20.8 Å². The van der Waals surface area contributed by atoms with Crippen molar-refractivity contribution < 1.29 is 14.3 Å². The minimum atomic E-state index is -0.868. The van der Waals surface area contributed by atoms with Crippen LogP contribution in [0.3, 0.4) is 0 Å². The van der Waals surface area contributed by atoms with Gasteiger partial charge in [-0.3, -0.25) is 9.59 Å². The molecule has 0 bridgehead atoms. The summed E-state index contributed by atoms with van der Waals surface area (Å²) in [6, 6.07) is 11.5. The lowest BCUT2D eigenvalue weighted by molar-refractivity contribution is -0.152. The summed E-state index contributed by atoms with van der Waals surface area (Å²) < 4.78 is 6.04. The summed E-state index contributed by atoms with van der Waals surface area (Å²) in [5.41, 5.74) is 4.90. The number of rotatable bonds is 5. The van der Waals surface area contributed by atoms with Gasteiger partial charge < -0.3 is 10.1 Å². The highest BCUT2D eigenvalue weighted by atomic mass is 79.9. The monoisotopic (exact) mass is 403 g/mol. The molecule has 2 rings (SSSR count). The fourth-order valence-corrected chi connectivity index (χ4v) is 2.92. The third-order valence-electron chi connectivity index (χ3n) is 3.98. The van der Waals surface area contributed by atoms with Gasteiger partial charge in [-0.05, 0) is 78.0 Å². The van der Waals surface area contributed by atoms with E-state index < -0.39 is 12.1 Å². The molecule has 0 fully saturated rings. The normalized spacial score (nSPS) is 11.7. The number of amides is 1. The number of hydrogen-bond donors (Lipinski definition) is 1. The van der Waals surface area contributed by atoms with Crippen LogP contribution in [0.5, 0.6) is 0 Å². The van der Waals surface area contributed by atoms with E-state index in [4.69, 9.17) is 4.74 Å². The van der Waals surface area contributed by atoms with Crippen molar-refractivity contribution in [3.05, 3.63) is 63.1 Å². The fraction of sp³-hybridized carbons (Fsp3) is 0.300. The lowest BCUT2D eigenvalue weighted by atomic mass is 10.0. The Morgan fingerprint density at radius 1 is 1.08 bits per heavy atom. The summed E-state index contributed by atoms with van der Waals surface area (Å²) in [5, 5.41) is 2.76. The van der Waals surface area contributed by atoms with Gasteiger partial charge in [-0.25, -0.2) is 0 Å². The molecule has 132 valence electrons. The molecule has 1 N–H and O–H groups in total. The lowest BCUT2D eigenvalue weighted by Gasteiger charge is -2.15. The first-order valence-electron chi connectivity index (χ1n) is 8.09. The summed E-state index contributed by atoms with van der Waals surface area (Å²) in [6.45, 7) is 7.55. The predicted octanol–water partition coefficient (Wildman–Crippen LogP) is 4.49. The molecule has 0 aromatic heterocycles. The Morgan fingerprint density at radius 2 is 1.80 bits per heavy atom. The molecule has 25 heavy (non-hydrogen) atoms. The van der Waals surface area contributed by atoms with Crippen LogP contribution in [0.4, 0.5) is 5.69 Å². The maximum atomic E-state index is 12.2. The molecule has 0 radical (unpaired) electrons. The molecule has 0 aliphatic rings. The second-order valence-electron chi connectivity index (χ2n) is 6.20. The molecule has 0 heterocycles. The molecule has 5 heteroatoms. The standard InChI is InChI=1S/C20H22BrNO3/c1-12-5-8-18(17(21)9-12)22-20(24)15(4)25-19(23)11-16-7-6-13(2)14(3)10-16/h5-10,15H,11H2,1-4H3,(H,22,24)/t15-/m1/s1. The number of carbonyl (C=O) groups is 2. The zero-order valence-corrected chi connectivity index (χ0v) is 16.4. The minimum Gasteiger partial charge on any atom is -0.452 e. The van der Waals surface area contributed by atoms with E-state index in [1.54, 1.807) is 13.0 Å². The molecule has 0 aliphatic carbocycles. The van der Waals surface area contributed by atoms with E-state index in [2.05, 4.69) is 21.2 Å². The van der Waals surface area contributed by atoms with Crippen molar-refractivity contribution in [2.75, 3.05) is 5.32 Å². The summed E-state index contributed by atoms with van der Waals surface area (Å²) in [7, 11) is 0. The first-order valence-corrected chi connectivity index (χ1v) is 8.88. The maximum absolute atomic E-state index is 12.2. The Hall–Kier alpha value is -2.14. The molecule has 2 aromatic carbocycles. The summed E-state index contributed by atoms with van der Waals surface area (Å²) in [4.78, 5) is 24.3. The van der Waals surface area contributed by atoms with Crippen LogP contribution >= 0.6 is 15.9 Å². The first-order chi connectivity index (χ1) is 11.8. The third-order valence-corrected chi connectivity index (χ3v) is 4.64. The van der Waals surface area contributed by atoms with Gasteiger partial charge in [-0.1, -0.05) is 24.3 Å². The van der Waals surface area contributed by atoms with E-state index in [-0.39, 0.29) is 12.3 Å². The quantitative estimate of drug-likeness (QED) is 0.748. The van der Waals surface area contributed by atoms with E-state index in [9.17, 15) is 9.59 Å². The highest BCUT2D eigenvalue weighted by Crippen LogP contribution is 2.23. The number of esters is 1. The molecule has 2 aromatic rings. The summed E-state index contributed by atoms with van der Waals surface area (Å²) in [5.74, 6) is -0.785. The summed E-state index contributed by atoms with van der Waals surface area (Å²) in [6.07, 6.45) is -0.722. The third kappa shape index (κ3) is 5.43. The number of ether oxygens (including phenoxy) is 1. The van der Waals surface area contributed by atoms with Gasteiger partial charge in [-0.2, -0.15) is 0 Å². The van der Waals surface area contributed by atoms with Crippen LogP contribution in [0.25, 0.3) is 0 Å². The van der Waals surface area contributed by atoms with Gasteiger partial charge in [0.25, 0.3) is 5.91 Å². The molecule has 0 spiro atoms. The van der Waals surface area contributed by atoms with Crippen LogP contribution in [-0.2, 0) is 20.7 Å². The number of aryl methyl sites for hydroxylation is 3. The number of carbonyl (C=O) groups excluding carboxylic acids is 2. The SMILES string of the molecule is Cc1ccc(NC(=O)[C@@H](C)OC(=O)Cc2ccc(C)c(C)c2)c(Br)c1. The molecular weight excluding hydrogens is 382 g/mol. The van der Waals surface area contributed by atoms with E-state index in [1.165, 1.54) is 5.56 Å². The van der Waals surface area contributed by atoms with Crippen molar-refractivity contribution >= 4 is 33.5 Å². The molecule has 1 atom stereocenters. The average molecular weight is 404 g/mol. The molecule has 4 nitrogen and oxygen atoms in total. The maximum Gasteiger partial charge on any atom is 0.311 e. The number of anilines is 1. The number of halogens is 1. The van der Waals surface area contributed by atoms with Gasteiger partial charge in [0, 0.05) is 4.47 Å². The number of nitrogens with one attached hydrogen (secondary N) is 1. The van der Waals surface area contributed by atoms with E-state index in [1.807, 2.05) is 51.1 Å². The minimum absolute atomic E-state index is 0.146. The molecule has 0 saturated carbocycles. The Labute approximate surface area is 156 Å². The second-order valence-corrected chi connectivity index (χ2v) is 7.05. The zero-order valence-electron chi connectivity index (χ0n) is 14.9. The Kier molecular flexibility index (Phi) is 6.37. The van der Waals surface area contributed by atoms with Crippen LogP contribution in [0.1, 0.15) is 29.2 Å². The molecule has 0 aliphatic heterocycles. The van der Waals surface area contributed by atoms with Crippen molar-refractivity contribution in [3.63, 3.8) is 0 Å². The second kappa shape index (κ2) is 8.30. The van der Waals surface area contributed by atoms with Crippen molar-refractivity contribution in [3.8, 4) is 0 Å². The molecule has 0 saturated heterocycles. The highest BCUT2D eigenvalue weighted by molar-refractivity contribution is 9.10. The van der Waals surface area contributed by atoms with Crippen molar-refractivity contribution in [2.45, 2.75) is 40.2 Å².